The number of nitrogens with one attached hydrogen (secondary N) is 1. The fourth-order valence-electron chi connectivity index (χ4n) is 2.70. The lowest BCUT2D eigenvalue weighted by atomic mass is 10.2. The molecule has 1 amide bonds. The van der Waals surface area contributed by atoms with Crippen LogP contribution in [0.3, 0.4) is 0 Å². The summed E-state index contributed by atoms with van der Waals surface area (Å²) in [4.78, 5) is 14.6. The number of halogens is 1. The van der Waals surface area contributed by atoms with Crippen LogP contribution in [-0.4, -0.2) is 29.2 Å². The summed E-state index contributed by atoms with van der Waals surface area (Å²) in [5.74, 6) is -0.303. The molecular weight excluding hydrogens is 392 g/mol. The second kappa shape index (κ2) is 9.48. The first-order valence-electron chi connectivity index (χ1n) is 9.03. The van der Waals surface area contributed by atoms with Crippen LogP contribution < -0.4 is 10.2 Å². The summed E-state index contributed by atoms with van der Waals surface area (Å²) in [7, 11) is 0. The zero-order valence-electron chi connectivity index (χ0n) is 15.7. The van der Waals surface area contributed by atoms with Gasteiger partial charge in [0.05, 0.1) is 5.03 Å². The lowest BCUT2D eigenvalue weighted by molar-refractivity contribution is 0.102. The molecule has 3 aromatic rings. The summed E-state index contributed by atoms with van der Waals surface area (Å²) in [6.45, 7) is 6.19. The molecule has 7 heteroatoms. The smallest absolute Gasteiger partial charge is 0.286 e. The molecule has 0 aliphatic carbocycles. The van der Waals surface area contributed by atoms with Crippen molar-refractivity contribution in [3.05, 3.63) is 70.2 Å². The minimum atomic E-state index is -0.303. The largest absolute Gasteiger partial charge is 0.372 e. The number of rotatable bonds is 7. The third-order valence-electron chi connectivity index (χ3n) is 4.17. The Balaban J connectivity index is 1.71. The van der Waals surface area contributed by atoms with Crippen LogP contribution in [0.4, 0.5) is 11.4 Å². The first-order chi connectivity index (χ1) is 13.6. The number of anilines is 2. The van der Waals surface area contributed by atoms with Crippen LogP contribution in [0.2, 0.25) is 0 Å². The van der Waals surface area contributed by atoms with Gasteiger partial charge in [-0.25, -0.2) is 0 Å². The minimum Gasteiger partial charge on any atom is -0.372 e. The van der Waals surface area contributed by atoms with Gasteiger partial charge in [-0.2, -0.15) is 0 Å². The first kappa shape index (κ1) is 20.0. The SMILES string of the molecule is CCN(CC)c1ccc(/C=C(\Cl)c2nnc(C(=O)Nc3ccccc3)s2)cc1. The number of amides is 1. The van der Waals surface area contributed by atoms with Crippen molar-refractivity contribution in [2.24, 2.45) is 0 Å². The molecule has 0 bridgehead atoms. The summed E-state index contributed by atoms with van der Waals surface area (Å²) >= 11 is 7.56. The number of carbonyl (C=O) groups excluding carboxylic acids is 1. The van der Waals surface area contributed by atoms with Crippen molar-refractivity contribution in [2.45, 2.75) is 13.8 Å². The summed E-state index contributed by atoms with van der Waals surface area (Å²) in [6.07, 6.45) is 1.83. The van der Waals surface area contributed by atoms with E-state index >= 15 is 0 Å². The fraction of sp³-hybridized carbons (Fsp3) is 0.190. The van der Waals surface area contributed by atoms with E-state index in [0.29, 0.717) is 15.7 Å². The van der Waals surface area contributed by atoms with E-state index in [1.54, 1.807) is 0 Å². The summed E-state index contributed by atoms with van der Waals surface area (Å²) in [5, 5.41) is 12.0. The van der Waals surface area contributed by atoms with E-state index in [4.69, 9.17) is 11.6 Å². The van der Waals surface area contributed by atoms with Crippen LogP contribution in [0.25, 0.3) is 11.1 Å². The number of aromatic nitrogens is 2. The summed E-state index contributed by atoms with van der Waals surface area (Å²) in [5.41, 5.74) is 2.85. The van der Waals surface area contributed by atoms with E-state index in [9.17, 15) is 4.79 Å². The van der Waals surface area contributed by atoms with Crippen LogP contribution in [-0.2, 0) is 0 Å². The number of benzene rings is 2. The van der Waals surface area contributed by atoms with Gasteiger partial charge in [-0.05, 0) is 49.8 Å². The zero-order valence-corrected chi connectivity index (χ0v) is 17.3. The Morgan fingerprint density at radius 1 is 1.04 bits per heavy atom. The van der Waals surface area contributed by atoms with Gasteiger partial charge in [-0.3, -0.25) is 4.79 Å². The highest BCUT2D eigenvalue weighted by molar-refractivity contribution is 7.15. The van der Waals surface area contributed by atoms with Gasteiger partial charge >= 0.3 is 0 Å². The topological polar surface area (TPSA) is 58.1 Å². The molecule has 0 spiro atoms. The van der Waals surface area contributed by atoms with E-state index in [0.717, 1.165) is 30.0 Å². The van der Waals surface area contributed by atoms with Crippen molar-refractivity contribution in [2.75, 3.05) is 23.3 Å². The molecule has 0 aliphatic rings. The van der Waals surface area contributed by atoms with Gasteiger partial charge in [0.25, 0.3) is 5.91 Å². The Morgan fingerprint density at radius 2 is 1.68 bits per heavy atom. The maximum Gasteiger partial charge on any atom is 0.286 e. The Hall–Kier alpha value is -2.70. The molecule has 0 aliphatic heterocycles. The first-order valence-corrected chi connectivity index (χ1v) is 10.2. The van der Waals surface area contributed by atoms with Crippen molar-refractivity contribution in [3.8, 4) is 0 Å². The predicted molar refractivity (Wildman–Crippen MR) is 118 cm³/mol. The molecule has 3 rings (SSSR count). The quantitative estimate of drug-likeness (QED) is 0.566. The minimum absolute atomic E-state index is 0.266. The van der Waals surface area contributed by atoms with E-state index in [1.165, 1.54) is 5.69 Å². The summed E-state index contributed by atoms with van der Waals surface area (Å²) in [6, 6.07) is 17.4. The standard InChI is InChI=1S/C21H21ClN4OS/c1-3-26(4-2)17-12-10-15(11-13-17)14-18(22)20-24-25-21(28-20)19(27)23-16-8-6-5-7-9-16/h5-14H,3-4H2,1-2H3,(H,23,27)/b18-14-. The van der Waals surface area contributed by atoms with Crippen molar-refractivity contribution < 1.29 is 4.79 Å². The molecule has 0 saturated heterocycles. The van der Waals surface area contributed by atoms with Gasteiger partial charge < -0.3 is 10.2 Å². The monoisotopic (exact) mass is 412 g/mol. The number of para-hydroxylation sites is 1. The molecule has 5 nitrogen and oxygen atoms in total. The number of hydrogen-bond acceptors (Lipinski definition) is 5. The van der Waals surface area contributed by atoms with E-state index in [1.807, 2.05) is 48.5 Å². The molecule has 28 heavy (non-hydrogen) atoms. The second-order valence-electron chi connectivity index (χ2n) is 5.99. The number of hydrogen-bond donors (Lipinski definition) is 1. The average Bonchev–Trinajstić information content (AvgIpc) is 3.21. The third kappa shape index (κ3) is 4.97. The highest BCUT2D eigenvalue weighted by Crippen LogP contribution is 2.26. The highest BCUT2D eigenvalue weighted by atomic mass is 35.5. The number of nitrogens with zero attached hydrogens (tertiary/aromatic N) is 3. The van der Waals surface area contributed by atoms with Gasteiger partial charge in [0.15, 0.2) is 5.01 Å². The lowest BCUT2D eigenvalue weighted by Crippen LogP contribution is -2.21. The normalized spacial score (nSPS) is 11.3. The average molecular weight is 413 g/mol. The van der Waals surface area contributed by atoms with Crippen molar-refractivity contribution in [1.82, 2.24) is 10.2 Å². The van der Waals surface area contributed by atoms with Crippen LogP contribution >= 0.6 is 22.9 Å². The van der Waals surface area contributed by atoms with Gasteiger partial charge in [0.1, 0.15) is 0 Å². The molecule has 0 radical (unpaired) electrons. The number of carbonyl (C=O) groups is 1. The molecule has 1 aromatic heterocycles. The van der Waals surface area contributed by atoms with E-state index in [-0.39, 0.29) is 10.9 Å². The maximum atomic E-state index is 12.3. The van der Waals surface area contributed by atoms with Crippen molar-refractivity contribution >= 4 is 51.3 Å². The van der Waals surface area contributed by atoms with Gasteiger partial charge in [-0.1, -0.05) is 53.3 Å². The summed E-state index contributed by atoms with van der Waals surface area (Å²) < 4.78 is 0. The van der Waals surface area contributed by atoms with E-state index < -0.39 is 0 Å². The van der Waals surface area contributed by atoms with Crippen LogP contribution in [0.1, 0.15) is 34.2 Å². The Labute approximate surface area is 173 Å². The molecule has 0 atom stereocenters. The Kier molecular flexibility index (Phi) is 6.79. The van der Waals surface area contributed by atoms with Crippen LogP contribution in [0.15, 0.2) is 54.6 Å². The molecule has 0 unspecified atom stereocenters. The van der Waals surface area contributed by atoms with Gasteiger partial charge in [0.2, 0.25) is 5.01 Å². The molecule has 0 saturated carbocycles. The molecule has 1 heterocycles. The van der Waals surface area contributed by atoms with Gasteiger partial charge in [0, 0.05) is 24.5 Å². The van der Waals surface area contributed by atoms with Gasteiger partial charge in [-0.15, -0.1) is 10.2 Å². The van der Waals surface area contributed by atoms with Crippen LogP contribution in [0.5, 0.6) is 0 Å². The molecule has 144 valence electrons. The molecule has 2 aromatic carbocycles. The lowest BCUT2D eigenvalue weighted by Gasteiger charge is -2.20. The van der Waals surface area contributed by atoms with Crippen LogP contribution in [0, 0.1) is 0 Å². The van der Waals surface area contributed by atoms with Crippen molar-refractivity contribution in [1.29, 1.82) is 0 Å². The second-order valence-corrected chi connectivity index (χ2v) is 7.37. The molecular formula is C21H21ClN4OS. The van der Waals surface area contributed by atoms with E-state index in [2.05, 4.69) is 46.4 Å². The Bertz CT molecular complexity index is 950. The molecule has 1 N–H and O–H groups in total. The predicted octanol–water partition coefficient (Wildman–Crippen LogP) is 5.37. The zero-order chi connectivity index (χ0) is 19.9. The maximum absolute atomic E-state index is 12.3. The fourth-order valence-corrected chi connectivity index (χ4v) is 3.62. The highest BCUT2D eigenvalue weighted by Gasteiger charge is 2.14. The molecule has 0 fully saturated rings. The third-order valence-corrected chi connectivity index (χ3v) is 5.53. The Morgan fingerprint density at radius 3 is 2.32 bits per heavy atom. The van der Waals surface area contributed by atoms with Crippen molar-refractivity contribution in [3.63, 3.8) is 0 Å².